The number of amides is 1. The summed E-state index contributed by atoms with van der Waals surface area (Å²) in [5, 5.41) is 6.27. The van der Waals surface area contributed by atoms with E-state index in [4.69, 9.17) is 0 Å². The molecule has 0 atom stereocenters. The molecule has 2 N–H and O–H groups in total. The summed E-state index contributed by atoms with van der Waals surface area (Å²) in [5.41, 5.74) is 5.62. The number of benzene rings is 1. The molecule has 2 aromatic rings. The number of nitrogens with zero attached hydrogens (tertiary/aromatic N) is 1. The third kappa shape index (κ3) is 2.56. The van der Waals surface area contributed by atoms with Crippen LogP contribution in [-0.4, -0.2) is 24.5 Å². The largest absolute Gasteiger partial charge is 0.328 e. The first kappa shape index (κ1) is 12.8. The van der Waals surface area contributed by atoms with Crippen molar-refractivity contribution < 1.29 is 4.79 Å². The first-order valence-corrected chi connectivity index (χ1v) is 6.85. The van der Waals surface area contributed by atoms with Gasteiger partial charge in [0, 0.05) is 23.6 Å². The van der Waals surface area contributed by atoms with Gasteiger partial charge in [0.05, 0.1) is 0 Å². The van der Waals surface area contributed by atoms with Gasteiger partial charge in [-0.15, -0.1) is 0 Å². The highest BCUT2D eigenvalue weighted by Gasteiger charge is 2.13. The summed E-state index contributed by atoms with van der Waals surface area (Å²) in [7, 11) is 0. The molecular formula is C16H17N3O. The van der Waals surface area contributed by atoms with Crippen molar-refractivity contribution in [2.75, 3.05) is 18.4 Å². The van der Waals surface area contributed by atoms with Crippen molar-refractivity contribution in [3.63, 3.8) is 0 Å². The molecule has 102 valence electrons. The number of nitrogens with one attached hydrogen (secondary N) is 2. The molecule has 0 saturated carbocycles. The molecule has 2 bridgehead atoms. The molecule has 20 heavy (non-hydrogen) atoms. The molecule has 0 spiro atoms. The van der Waals surface area contributed by atoms with Gasteiger partial charge in [0.1, 0.15) is 0 Å². The van der Waals surface area contributed by atoms with Crippen LogP contribution in [0.3, 0.4) is 0 Å². The average Bonchev–Trinajstić information content (AvgIpc) is 2.49. The van der Waals surface area contributed by atoms with E-state index in [1.165, 1.54) is 16.7 Å². The van der Waals surface area contributed by atoms with Gasteiger partial charge in [-0.05, 0) is 60.8 Å². The van der Waals surface area contributed by atoms with Crippen molar-refractivity contribution in [2.24, 2.45) is 0 Å². The Kier molecular flexibility index (Phi) is 3.74. The zero-order chi connectivity index (χ0) is 13.8. The molecule has 4 heteroatoms. The molecular weight excluding hydrogens is 250 g/mol. The number of anilines is 1. The average molecular weight is 267 g/mol. The first-order chi connectivity index (χ1) is 9.88. The third-order valence-electron chi connectivity index (χ3n) is 3.64. The monoisotopic (exact) mass is 267 g/mol. The lowest BCUT2D eigenvalue weighted by atomic mass is 9.94. The second kappa shape index (κ2) is 5.84. The Bertz CT molecular complexity index is 583. The van der Waals surface area contributed by atoms with Crippen LogP contribution in [0.15, 0.2) is 36.7 Å². The second-order valence-corrected chi connectivity index (χ2v) is 4.92. The minimum atomic E-state index is 0.765. The summed E-state index contributed by atoms with van der Waals surface area (Å²) in [6.45, 7) is 1.87. The van der Waals surface area contributed by atoms with Crippen LogP contribution in [0.1, 0.15) is 11.1 Å². The molecule has 1 amide bonds. The summed E-state index contributed by atoms with van der Waals surface area (Å²) in [4.78, 5) is 15.0. The highest BCUT2D eigenvalue weighted by Crippen LogP contribution is 2.30. The minimum absolute atomic E-state index is 0.765. The molecule has 4 nitrogen and oxygen atoms in total. The van der Waals surface area contributed by atoms with Gasteiger partial charge in [-0.1, -0.05) is 6.07 Å². The summed E-state index contributed by atoms with van der Waals surface area (Å²) >= 11 is 0. The van der Waals surface area contributed by atoms with E-state index < -0.39 is 0 Å². The molecule has 0 radical (unpaired) electrons. The van der Waals surface area contributed by atoms with E-state index in [1.54, 1.807) is 6.20 Å². The van der Waals surface area contributed by atoms with Gasteiger partial charge in [0.2, 0.25) is 6.41 Å². The SMILES string of the molecule is O=CNc1c2cc(-c3cccnc3)cc1CCNCC2. The van der Waals surface area contributed by atoms with Crippen molar-refractivity contribution in [1.29, 1.82) is 0 Å². The number of fused-ring (bicyclic) bond motifs is 2. The lowest BCUT2D eigenvalue weighted by molar-refractivity contribution is -0.105. The Balaban J connectivity index is 2.11. The zero-order valence-electron chi connectivity index (χ0n) is 11.2. The maximum absolute atomic E-state index is 10.8. The van der Waals surface area contributed by atoms with E-state index in [0.717, 1.165) is 43.6 Å². The van der Waals surface area contributed by atoms with E-state index in [1.807, 2.05) is 12.3 Å². The predicted molar refractivity (Wildman–Crippen MR) is 79.6 cm³/mol. The molecule has 1 aromatic carbocycles. The standard InChI is InChI=1S/C16H17N3O/c20-11-19-16-12-3-6-17-7-4-13(16)9-15(8-12)14-2-1-5-18-10-14/h1-2,5,8-11,17H,3-4,6-7H2,(H,19,20). The van der Waals surface area contributed by atoms with E-state index in [-0.39, 0.29) is 0 Å². The molecule has 1 aliphatic heterocycles. The van der Waals surface area contributed by atoms with Gasteiger partial charge >= 0.3 is 0 Å². The fourth-order valence-corrected chi connectivity index (χ4v) is 2.68. The maximum atomic E-state index is 10.8. The molecule has 1 aliphatic rings. The number of carbonyl (C=O) groups excluding carboxylic acids is 1. The van der Waals surface area contributed by atoms with Crippen molar-refractivity contribution in [3.05, 3.63) is 47.8 Å². The van der Waals surface area contributed by atoms with Gasteiger partial charge in [0.25, 0.3) is 0 Å². The maximum Gasteiger partial charge on any atom is 0.211 e. The molecule has 0 fully saturated rings. The molecule has 3 rings (SSSR count). The Labute approximate surface area is 118 Å². The predicted octanol–water partition coefficient (Wildman–Crippen LogP) is 2.01. The molecule has 0 unspecified atom stereocenters. The number of carbonyl (C=O) groups is 1. The van der Waals surface area contributed by atoms with Crippen LogP contribution in [-0.2, 0) is 17.6 Å². The van der Waals surface area contributed by atoms with Gasteiger partial charge in [-0.2, -0.15) is 0 Å². The topological polar surface area (TPSA) is 54.0 Å². The van der Waals surface area contributed by atoms with Crippen LogP contribution in [0.25, 0.3) is 11.1 Å². The molecule has 2 heterocycles. The minimum Gasteiger partial charge on any atom is -0.328 e. The summed E-state index contributed by atoms with van der Waals surface area (Å²) in [6.07, 6.45) is 6.25. The van der Waals surface area contributed by atoms with E-state index in [0.29, 0.717) is 0 Å². The highest BCUT2D eigenvalue weighted by molar-refractivity contribution is 5.79. The summed E-state index contributed by atoms with van der Waals surface area (Å²) in [6, 6.07) is 8.31. The number of rotatable bonds is 3. The highest BCUT2D eigenvalue weighted by atomic mass is 16.1. The van der Waals surface area contributed by atoms with E-state index >= 15 is 0 Å². The van der Waals surface area contributed by atoms with Crippen LogP contribution in [0.4, 0.5) is 5.69 Å². The number of hydrogen-bond donors (Lipinski definition) is 2. The van der Waals surface area contributed by atoms with Crippen LogP contribution in [0.5, 0.6) is 0 Å². The van der Waals surface area contributed by atoms with Gasteiger partial charge in [-0.25, -0.2) is 0 Å². The third-order valence-corrected chi connectivity index (χ3v) is 3.64. The summed E-state index contributed by atoms with van der Waals surface area (Å²) < 4.78 is 0. The lowest BCUT2D eigenvalue weighted by Gasteiger charge is -2.20. The zero-order valence-corrected chi connectivity index (χ0v) is 11.2. The Hall–Kier alpha value is -2.20. The van der Waals surface area contributed by atoms with Crippen molar-refractivity contribution >= 4 is 12.1 Å². The number of pyridine rings is 1. The van der Waals surface area contributed by atoms with Crippen LogP contribution in [0, 0.1) is 0 Å². The Morgan fingerprint density at radius 3 is 2.50 bits per heavy atom. The van der Waals surface area contributed by atoms with Gasteiger partial charge in [-0.3, -0.25) is 9.78 Å². The number of aromatic nitrogens is 1. The van der Waals surface area contributed by atoms with Crippen molar-refractivity contribution in [3.8, 4) is 11.1 Å². The van der Waals surface area contributed by atoms with E-state index in [2.05, 4.69) is 33.8 Å². The van der Waals surface area contributed by atoms with Gasteiger partial charge < -0.3 is 10.6 Å². The molecule has 1 aromatic heterocycles. The Morgan fingerprint density at radius 2 is 1.90 bits per heavy atom. The van der Waals surface area contributed by atoms with Crippen molar-refractivity contribution in [2.45, 2.75) is 12.8 Å². The lowest BCUT2D eigenvalue weighted by Crippen LogP contribution is -2.24. The molecule has 0 aliphatic carbocycles. The first-order valence-electron chi connectivity index (χ1n) is 6.85. The van der Waals surface area contributed by atoms with Gasteiger partial charge in [0.15, 0.2) is 0 Å². The normalized spacial score (nSPS) is 14.2. The van der Waals surface area contributed by atoms with Crippen LogP contribution >= 0.6 is 0 Å². The quantitative estimate of drug-likeness (QED) is 0.836. The van der Waals surface area contributed by atoms with E-state index in [9.17, 15) is 4.79 Å². The van der Waals surface area contributed by atoms with Crippen LogP contribution in [0.2, 0.25) is 0 Å². The fraction of sp³-hybridized carbons (Fsp3) is 0.250. The van der Waals surface area contributed by atoms with Crippen molar-refractivity contribution in [1.82, 2.24) is 10.3 Å². The second-order valence-electron chi connectivity index (χ2n) is 4.92. The molecule has 0 saturated heterocycles. The fourth-order valence-electron chi connectivity index (χ4n) is 2.68. The Morgan fingerprint density at radius 1 is 1.15 bits per heavy atom. The number of hydrogen-bond acceptors (Lipinski definition) is 3. The summed E-state index contributed by atoms with van der Waals surface area (Å²) in [5.74, 6) is 0. The smallest absolute Gasteiger partial charge is 0.211 e. The van der Waals surface area contributed by atoms with Crippen LogP contribution < -0.4 is 10.6 Å².